The quantitative estimate of drug-likeness (QED) is 0.836. The van der Waals surface area contributed by atoms with Gasteiger partial charge in [-0.2, -0.15) is 0 Å². The molecule has 0 spiro atoms. The molecule has 0 amide bonds. The summed E-state index contributed by atoms with van der Waals surface area (Å²) in [6.07, 6.45) is 1.47. The molecule has 0 heterocycles. The average molecular weight is 280 g/mol. The molecule has 0 unspecified atom stereocenters. The minimum atomic E-state index is -0.104. The molecule has 0 fully saturated rings. The molecule has 0 radical (unpaired) electrons. The van der Waals surface area contributed by atoms with E-state index in [2.05, 4.69) is 26.8 Å². The molecule has 3 rings (SSSR count). The Morgan fingerprint density at radius 3 is 2.33 bits per heavy atom. The number of Topliss-reactive ketones (excluding diaryl/α,β-unsaturated/α-hetero) is 1. The molecule has 2 aromatic carbocycles. The molecular weight excluding hydrogens is 260 g/mol. The predicted octanol–water partition coefficient (Wildman–Crippen LogP) is 4.49. The first-order valence-electron chi connectivity index (χ1n) is 7.36. The van der Waals surface area contributed by atoms with Crippen molar-refractivity contribution in [3.8, 4) is 16.9 Å². The number of ketones is 1. The van der Waals surface area contributed by atoms with E-state index >= 15 is 0 Å². The Morgan fingerprint density at radius 1 is 0.952 bits per heavy atom. The molecule has 1 aliphatic rings. The lowest BCUT2D eigenvalue weighted by molar-refractivity contribution is 0.0994. The van der Waals surface area contributed by atoms with Gasteiger partial charge in [0.15, 0.2) is 5.78 Å². The molecule has 0 aliphatic heterocycles. The third kappa shape index (κ3) is 2.46. The number of fused-ring (bicyclic) bond motifs is 1. The van der Waals surface area contributed by atoms with Crippen molar-refractivity contribution in [2.45, 2.75) is 39.0 Å². The van der Waals surface area contributed by atoms with Crippen LogP contribution in [0.1, 0.15) is 48.7 Å². The molecule has 2 nitrogen and oxygen atoms in total. The van der Waals surface area contributed by atoms with Crippen LogP contribution in [0.3, 0.4) is 0 Å². The van der Waals surface area contributed by atoms with E-state index in [1.165, 1.54) is 0 Å². The second-order valence-corrected chi connectivity index (χ2v) is 6.78. The second kappa shape index (κ2) is 4.73. The van der Waals surface area contributed by atoms with Gasteiger partial charge in [-0.05, 0) is 46.2 Å². The molecule has 21 heavy (non-hydrogen) atoms. The summed E-state index contributed by atoms with van der Waals surface area (Å²) in [7, 11) is 0. The highest BCUT2D eigenvalue weighted by molar-refractivity contribution is 6.00. The Bertz CT molecular complexity index is 721. The second-order valence-electron chi connectivity index (χ2n) is 6.78. The molecule has 0 saturated carbocycles. The number of phenolic OH excluding ortho intramolecular Hbond substituents is 1. The maximum atomic E-state index is 11.7. The Balaban J connectivity index is 2.08. The normalized spacial score (nSPS) is 14.3. The van der Waals surface area contributed by atoms with Crippen LogP contribution in [0.4, 0.5) is 0 Å². The van der Waals surface area contributed by atoms with Crippen LogP contribution in [-0.2, 0) is 11.8 Å². The standard InChI is InChI=1S/C19H20O2/c1-19(2,3)16-11-13(5-9-18(16)21)12-4-7-15-14(10-12)6-8-17(15)20/h4-5,7,9-11,21H,6,8H2,1-3H3. The van der Waals surface area contributed by atoms with Crippen LogP contribution in [0.25, 0.3) is 11.1 Å². The molecule has 0 bridgehead atoms. The highest BCUT2D eigenvalue weighted by Crippen LogP contribution is 2.35. The summed E-state index contributed by atoms with van der Waals surface area (Å²) in [6, 6.07) is 11.8. The van der Waals surface area contributed by atoms with Crippen molar-refractivity contribution >= 4 is 5.78 Å². The topological polar surface area (TPSA) is 37.3 Å². The van der Waals surface area contributed by atoms with Crippen LogP contribution in [-0.4, -0.2) is 10.9 Å². The van der Waals surface area contributed by atoms with E-state index in [9.17, 15) is 9.90 Å². The van der Waals surface area contributed by atoms with Crippen molar-refractivity contribution in [2.24, 2.45) is 0 Å². The summed E-state index contributed by atoms with van der Waals surface area (Å²) in [6.45, 7) is 6.27. The summed E-state index contributed by atoms with van der Waals surface area (Å²) in [4.78, 5) is 11.7. The lowest BCUT2D eigenvalue weighted by atomic mass is 9.84. The third-order valence-electron chi connectivity index (χ3n) is 4.16. The molecule has 0 saturated heterocycles. The summed E-state index contributed by atoms with van der Waals surface area (Å²) < 4.78 is 0. The van der Waals surface area contributed by atoms with Gasteiger partial charge >= 0.3 is 0 Å². The van der Waals surface area contributed by atoms with Crippen LogP contribution < -0.4 is 0 Å². The van der Waals surface area contributed by atoms with Gasteiger partial charge in [0, 0.05) is 12.0 Å². The minimum absolute atomic E-state index is 0.104. The van der Waals surface area contributed by atoms with Gasteiger partial charge in [-0.15, -0.1) is 0 Å². The van der Waals surface area contributed by atoms with Gasteiger partial charge in [0.2, 0.25) is 0 Å². The molecular formula is C19H20O2. The Labute approximate surface area is 125 Å². The number of hydrogen-bond donors (Lipinski definition) is 1. The Hall–Kier alpha value is -2.09. The van der Waals surface area contributed by atoms with E-state index in [1.807, 2.05) is 24.3 Å². The number of aromatic hydroxyl groups is 1. The lowest BCUT2D eigenvalue weighted by Crippen LogP contribution is -2.11. The van der Waals surface area contributed by atoms with Crippen molar-refractivity contribution in [2.75, 3.05) is 0 Å². The van der Waals surface area contributed by atoms with E-state index in [-0.39, 0.29) is 11.2 Å². The van der Waals surface area contributed by atoms with E-state index in [4.69, 9.17) is 0 Å². The number of carbonyl (C=O) groups excluding carboxylic acids is 1. The van der Waals surface area contributed by atoms with Gasteiger partial charge in [0.25, 0.3) is 0 Å². The SMILES string of the molecule is CC(C)(C)c1cc(-c2ccc3c(c2)CCC3=O)ccc1O. The zero-order valence-electron chi connectivity index (χ0n) is 12.7. The number of benzene rings is 2. The Morgan fingerprint density at radius 2 is 1.62 bits per heavy atom. The van der Waals surface area contributed by atoms with Crippen LogP contribution in [0.15, 0.2) is 36.4 Å². The van der Waals surface area contributed by atoms with Gasteiger partial charge in [-0.1, -0.05) is 45.0 Å². The van der Waals surface area contributed by atoms with Crippen molar-refractivity contribution in [1.82, 2.24) is 0 Å². The third-order valence-corrected chi connectivity index (χ3v) is 4.16. The monoisotopic (exact) mass is 280 g/mol. The highest BCUT2D eigenvalue weighted by atomic mass is 16.3. The first kappa shape index (κ1) is 13.9. The van der Waals surface area contributed by atoms with Gasteiger partial charge in [0.05, 0.1) is 0 Å². The minimum Gasteiger partial charge on any atom is -0.508 e. The maximum absolute atomic E-state index is 11.7. The van der Waals surface area contributed by atoms with Gasteiger partial charge in [-0.3, -0.25) is 4.79 Å². The maximum Gasteiger partial charge on any atom is 0.163 e. The summed E-state index contributed by atoms with van der Waals surface area (Å²) in [5.41, 5.74) is 5.04. The lowest BCUT2D eigenvalue weighted by Gasteiger charge is -2.21. The van der Waals surface area contributed by atoms with Gasteiger partial charge in [-0.25, -0.2) is 0 Å². The van der Waals surface area contributed by atoms with Crippen LogP contribution >= 0.6 is 0 Å². The zero-order chi connectivity index (χ0) is 15.2. The fourth-order valence-corrected chi connectivity index (χ4v) is 2.95. The van der Waals surface area contributed by atoms with Gasteiger partial charge < -0.3 is 5.11 Å². The fourth-order valence-electron chi connectivity index (χ4n) is 2.95. The average Bonchev–Trinajstić information content (AvgIpc) is 2.79. The van der Waals surface area contributed by atoms with Crippen LogP contribution in [0.2, 0.25) is 0 Å². The van der Waals surface area contributed by atoms with Crippen molar-refractivity contribution in [1.29, 1.82) is 0 Å². The molecule has 1 aliphatic carbocycles. The molecule has 2 heteroatoms. The molecule has 2 aromatic rings. The van der Waals surface area contributed by atoms with Crippen molar-refractivity contribution < 1.29 is 9.90 Å². The number of carbonyl (C=O) groups is 1. The van der Waals surface area contributed by atoms with Crippen molar-refractivity contribution in [3.05, 3.63) is 53.1 Å². The summed E-state index contributed by atoms with van der Waals surface area (Å²) in [5.74, 6) is 0.584. The molecule has 1 N–H and O–H groups in total. The summed E-state index contributed by atoms with van der Waals surface area (Å²) >= 11 is 0. The van der Waals surface area contributed by atoms with E-state index < -0.39 is 0 Å². The number of rotatable bonds is 1. The van der Waals surface area contributed by atoms with E-state index in [0.29, 0.717) is 12.2 Å². The Kier molecular flexibility index (Phi) is 3.12. The van der Waals surface area contributed by atoms with E-state index in [0.717, 1.165) is 34.2 Å². The fraction of sp³-hybridized carbons (Fsp3) is 0.316. The molecule has 0 atom stereocenters. The van der Waals surface area contributed by atoms with Crippen LogP contribution in [0.5, 0.6) is 5.75 Å². The molecule has 0 aromatic heterocycles. The summed E-state index contributed by atoms with van der Waals surface area (Å²) in [5, 5.41) is 10.1. The number of aryl methyl sites for hydroxylation is 1. The zero-order valence-corrected chi connectivity index (χ0v) is 12.7. The molecule has 108 valence electrons. The largest absolute Gasteiger partial charge is 0.508 e. The first-order chi connectivity index (χ1) is 9.86. The predicted molar refractivity (Wildman–Crippen MR) is 84.9 cm³/mol. The number of hydrogen-bond acceptors (Lipinski definition) is 2. The van der Waals surface area contributed by atoms with Crippen LogP contribution in [0, 0.1) is 0 Å². The smallest absolute Gasteiger partial charge is 0.163 e. The first-order valence-corrected chi connectivity index (χ1v) is 7.36. The van der Waals surface area contributed by atoms with Gasteiger partial charge in [0.1, 0.15) is 5.75 Å². The highest BCUT2D eigenvalue weighted by Gasteiger charge is 2.21. The van der Waals surface area contributed by atoms with Crippen molar-refractivity contribution in [3.63, 3.8) is 0 Å². The van der Waals surface area contributed by atoms with E-state index in [1.54, 1.807) is 6.07 Å². The number of phenols is 1.